The minimum absolute atomic E-state index is 0.0208. The Kier molecular flexibility index (Phi) is 7.62. The molecular formula is C7H14O5S. The van der Waals surface area contributed by atoms with Gasteiger partial charge in [-0.2, -0.15) is 0 Å². The van der Waals surface area contributed by atoms with E-state index in [1.165, 1.54) is 0 Å². The molecule has 0 aromatic carbocycles. The molecule has 0 aliphatic heterocycles. The predicted octanol–water partition coefficient (Wildman–Crippen LogP) is 0.263. The Morgan fingerprint density at radius 3 is 2.54 bits per heavy atom. The molecule has 0 aromatic heterocycles. The van der Waals surface area contributed by atoms with Crippen molar-refractivity contribution in [3.63, 3.8) is 0 Å². The van der Waals surface area contributed by atoms with Crippen LogP contribution in [0.25, 0.3) is 0 Å². The maximum atomic E-state index is 10.8. The van der Waals surface area contributed by atoms with E-state index in [0.717, 1.165) is 12.8 Å². The van der Waals surface area contributed by atoms with Crippen molar-refractivity contribution in [3.05, 3.63) is 0 Å². The van der Waals surface area contributed by atoms with E-state index in [2.05, 4.69) is 4.18 Å². The second-order valence-electron chi connectivity index (χ2n) is 2.38. The minimum Gasteiger partial charge on any atom is -0.466 e. The van der Waals surface area contributed by atoms with E-state index >= 15 is 0 Å². The molecule has 0 amide bonds. The highest BCUT2D eigenvalue weighted by atomic mass is 32.2. The number of hydrogen-bond donors (Lipinski definition) is 1. The molecule has 0 N–H and O–H groups in total. The molecule has 5 nitrogen and oxygen atoms in total. The van der Waals surface area contributed by atoms with Crippen molar-refractivity contribution in [3.8, 4) is 0 Å². The Balaban J connectivity index is 3.30. The van der Waals surface area contributed by atoms with Crippen molar-refractivity contribution in [2.75, 3.05) is 13.2 Å². The fourth-order valence-corrected chi connectivity index (χ4v) is 0.846. The first-order valence-corrected chi connectivity index (χ1v) is 5.19. The normalized spacial score (nSPS) is 10.3. The van der Waals surface area contributed by atoms with E-state index in [9.17, 15) is 13.2 Å². The molecule has 0 rings (SSSR count). The maximum Gasteiger partial charge on any atom is 0.308 e. The summed E-state index contributed by atoms with van der Waals surface area (Å²) in [6.07, 6.45) is 1.76. The predicted molar refractivity (Wildman–Crippen MR) is 46.8 cm³/mol. The molecule has 0 spiro atoms. The molecule has 0 aliphatic carbocycles. The lowest BCUT2D eigenvalue weighted by Crippen LogP contribution is -2.08. The van der Waals surface area contributed by atoms with Crippen LogP contribution in [0, 0.1) is 0 Å². The highest BCUT2D eigenvalue weighted by Gasteiger charge is 2.01. The van der Waals surface area contributed by atoms with Gasteiger partial charge in [0.15, 0.2) is 0 Å². The topological polar surface area (TPSA) is 69.7 Å². The monoisotopic (exact) mass is 210 g/mol. The Morgan fingerprint density at radius 1 is 1.31 bits per heavy atom. The lowest BCUT2D eigenvalue weighted by molar-refractivity contribution is -0.144. The van der Waals surface area contributed by atoms with Crippen molar-refractivity contribution in [2.45, 2.75) is 26.2 Å². The van der Waals surface area contributed by atoms with Crippen molar-refractivity contribution >= 4 is 17.0 Å². The summed E-state index contributed by atoms with van der Waals surface area (Å²) in [4.78, 5) is 10.8. The Labute approximate surface area is 79.2 Å². The number of rotatable bonds is 7. The minimum atomic E-state index is -2.85. The maximum absolute atomic E-state index is 10.8. The van der Waals surface area contributed by atoms with Gasteiger partial charge in [0.25, 0.3) is 11.0 Å². The molecule has 0 fully saturated rings. The summed E-state index contributed by atoms with van der Waals surface area (Å²) >= 11 is 0. The number of ether oxygens (including phenoxy) is 1. The van der Waals surface area contributed by atoms with Crippen LogP contribution in [0.5, 0.6) is 0 Å². The molecule has 0 aliphatic rings. The van der Waals surface area contributed by atoms with Gasteiger partial charge in [-0.3, -0.25) is 8.98 Å². The standard InChI is InChI=1S/C7H14O5S/c1-2-3-5-11-7(8)4-6-12-13(9)10/h13H,2-6H2,1H3. The molecule has 0 radical (unpaired) electrons. The zero-order chi connectivity index (χ0) is 10.1. The third-order valence-electron chi connectivity index (χ3n) is 1.26. The molecule has 6 heteroatoms. The van der Waals surface area contributed by atoms with Gasteiger partial charge in [-0.25, -0.2) is 8.42 Å². The average molecular weight is 210 g/mol. The van der Waals surface area contributed by atoms with Crippen LogP contribution >= 0.6 is 0 Å². The van der Waals surface area contributed by atoms with Gasteiger partial charge in [-0.1, -0.05) is 13.3 Å². The average Bonchev–Trinajstić information content (AvgIpc) is 2.04. The van der Waals surface area contributed by atoms with Crippen LogP contribution in [0.15, 0.2) is 0 Å². The largest absolute Gasteiger partial charge is 0.466 e. The molecular weight excluding hydrogens is 196 g/mol. The number of carbonyl (C=O) groups is 1. The second kappa shape index (κ2) is 8.00. The van der Waals surface area contributed by atoms with Gasteiger partial charge in [-0.05, 0) is 6.42 Å². The molecule has 13 heavy (non-hydrogen) atoms. The summed E-state index contributed by atoms with van der Waals surface area (Å²) in [5.41, 5.74) is 0. The number of esters is 1. The van der Waals surface area contributed by atoms with Gasteiger partial charge in [0.05, 0.1) is 19.6 Å². The molecule has 0 saturated carbocycles. The molecule has 0 unspecified atom stereocenters. The third-order valence-corrected chi connectivity index (χ3v) is 1.66. The van der Waals surface area contributed by atoms with Crippen LogP contribution < -0.4 is 0 Å². The Hall–Kier alpha value is -0.620. The van der Waals surface area contributed by atoms with E-state index in [1.54, 1.807) is 0 Å². The van der Waals surface area contributed by atoms with Gasteiger partial charge in [0.2, 0.25) is 0 Å². The number of carbonyl (C=O) groups excluding carboxylic acids is 1. The van der Waals surface area contributed by atoms with Crippen LogP contribution in [0.2, 0.25) is 0 Å². The first-order valence-electron chi connectivity index (χ1n) is 4.09. The number of thiol groups is 1. The highest BCUT2D eigenvalue weighted by molar-refractivity contribution is 7.67. The summed E-state index contributed by atoms with van der Waals surface area (Å²) in [7, 11) is -2.85. The van der Waals surface area contributed by atoms with E-state index in [1.807, 2.05) is 6.92 Å². The molecule has 0 saturated heterocycles. The third kappa shape index (κ3) is 9.29. The van der Waals surface area contributed by atoms with Gasteiger partial charge in [-0.15, -0.1) is 0 Å². The van der Waals surface area contributed by atoms with Gasteiger partial charge in [0, 0.05) is 0 Å². The van der Waals surface area contributed by atoms with Crippen LogP contribution in [0.3, 0.4) is 0 Å². The van der Waals surface area contributed by atoms with E-state index in [4.69, 9.17) is 4.74 Å². The first kappa shape index (κ1) is 12.4. The van der Waals surface area contributed by atoms with E-state index in [0.29, 0.717) is 6.61 Å². The van der Waals surface area contributed by atoms with Gasteiger partial charge < -0.3 is 4.74 Å². The molecule has 0 bridgehead atoms. The fraction of sp³-hybridized carbons (Fsp3) is 0.857. The Morgan fingerprint density at radius 2 is 2.00 bits per heavy atom. The summed E-state index contributed by atoms with van der Waals surface area (Å²) in [5.74, 6) is -0.426. The molecule has 78 valence electrons. The van der Waals surface area contributed by atoms with Gasteiger partial charge >= 0.3 is 5.97 Å². The van der Waals surface area contributed by atoms with E-state index in [-0.39, 0.29) is 13.0 Å². The molecule has 0 atom stereocenters. The molecule has 0 heterocycles. The zero-order valence-corrected chi connectivity index (χ0v) is 8.42. The summed E-state index contributed by atoms with van der Waals surface area (Å²) in [6.45, 7) is 2.24. The van der Waals surface area contributed by atoms with Crippen molar-refractivity contribution in [2.24, 2.45) is 0 Å². The summed E-state index contributed by atoms with van der Waals surface area (Å²) < 4.78 is 28.7. The van der Waals surface area contributed by atoms with Crippen molar-refractivity contribution in [1.82, 2.24) is 0 Å². The van der Waals surface area contributed by atoms with Crippen molar-refractivity contribution in [1.29, 1.82) is 0 Å². The van der Waals surface area contributed by atoms with Crippen molar-refractivity contribution < 1.29 is 22.1 Å². The van der Waals surface area contributed by atoms with Gasteiger partial charge in [0.1, 0.15) is 0 Å². The number of unbranched alkanes of at least 4 members (excludes halogenated alkanes) is 1. The summed E-state index contributed by atoms with van der Waals surface area (Å²) in [5, 5.41) is 0. The lowest BCUT2D eigenvalue weighted by atomic mass is 10.4. The van der Waals surface area contributed by atoms with Crippen LogP contribution in [-0.2, 0) is 24.7 Å². The highest BCUT2D eigenvalue weighted by Crippen LogP contribution is 1.92. The van der Waals surface area contributed by atoms with Crippen LogP contribution in [-0.4, -0.2) is 27.6 Å². The Bertz CT molecular complexity index is 203. The van der Waals surface area contributed by atoms with Crippen LogP contribution in [0.1, 0.15) is 26.2 Å². The summed E-state index contributed by atoms with van der Waals surface area (Å²) in [6, 6.07) is 0. The smallest absolute Gasteiger partial charge is 0.308 e. The van der Waals surface area contributed by atoms with Crippen LogP contribution in [0.4, 0.5) is 0 Å². The fourth-order valence-electron chi connectivity index (χ4n) is 0.606. The zero-order valence-electron chi connectivity index (χ0n) is 7.52. The van der Waals surface area contributed by atoms with E-state index < -0.39 is 17.0 Å². The number of hydrogen-bond acceptors (Lipinski definition) is 5. The second-order valence-corrected chi connectivity index (χ2v) is 3.09. The quantitative estimate of drug-likeness (QED) is 0.371. The lowest BCUT2D eigenvalue weighted by Gasteiger charge is -2.01. The first-order chi connectivity index (χ1) is 6.16. The molecule has 0 aromatic rings. The SMILES string of the molecule is CCCCOC(=O)CCO[SH](=O)=O.